The van der Waals surface area contributed by atoms with Gasteiger partial charge in [0.25, 0.3) is 0 Å². The lowest BCUT2D eigenvalue weighted by Gasteiger charge is -2.15. The summed E-state index contributed by atoms with van der Waals surface area (Å²) in [5.41, 5.74) is -0.326. The van der Waals surface area contributed by atoms with Crippen LogP contribution >= 0.6 is 0 Å². The van der Waals surface area contributed by atoms with Crippen molar-refractivity contribution in [2.45, 2.75) is 33.2 Å². The maximum absolute atomic E-state index is 12.6. The zero-order valence-corrected chi connectivity index (χ0v) is 20.6. The van der Waals surface area contributed by atoms with Gasteiger partial charge in [-0.15, -0.1) is 0 Å². The molecule has 0 saturated heterocycles. The van der Waals surface area contributed by atoms with Crippen molar-refractivity contribution in [3.63, 3.8) is 0 Å². The van der Waals surface area contributed by atoms with E-state index in [1.807, 2.05) is 0 Å². The van der Waals surface area contributed by atoms with Crippen molar-refractivity contribution < 1.29 is 42.5 Å². The van der Waals surface area contributed by atoms with Gasteiger partial charge in [-0.3, -0.25) is 19.2 Å². The number of carbonyl (C=O) groups is 2. The standard InChI is InChI=1S/C27H24O11/c1-15(28)33-13-18-9-20(31)26-22(5-3-7-24(26)37-18)35-11-17(30)12-36-23-6-4-8-25-27(23)21(32)10-19(38-25)14-34-16(2)29/h3-10,17,30H,11-14H2,1-2H3. The summed E-state index contributed by atoms with van der Waals surface area (Å²) >= 11 is 0. The lowest BCUT2D eigenvalue weighted by molar-refractivity contribution is -0.143. The van der Waals surface area contributed by atoms with E-state index in [0.717, 1.165) is 0 Å². The molecule has 0 aliphatic rings. The van der Waals surface area contributed by atoms with Crippen molar-refractivity contribution in [1.82, 2.24) is 0 Å². The molecule has 0 aliphatic heterocycles. The Morgan fingerprint density at radius 1 is 0.763 bits per heavy atom. The maximum atomic E-state index is 12.6. The second-order valence-corrected chi connectivity index (χ2v) is 8.25. The first-order valence-electron chi connectivity index (χ1n) is 11.5. The summed E-state index contributed by atoms with van der Waals surface area (Å²) in [6, 6.07) is 11.9. The summed E-state index contributed by atoms with van der Waals surface area (Å²) in [6.45, 7) is 1.70. The van der Waals surface area contributed by atoms with Crippen molar-refractivity contribution >= 4 is 33.9 Å². The molecule has 0 bridgehead atoms. The van der Waals surface area contributed by atoms with E-state index in [1.165, 1.54) is 26.0 Å². The van der Waals surface area contributed by atoms with E-state index in [1.54, 1.807) is 36.4 Å². The molecule has 38 heavy (non-hydrogen) atoms. The van der Waals surface area contributed by atoms with E-state index in [2.05, 4.69) is 0 Å². The number of aliphatic hydroxyl groups is 1. The molecular formula is C27H24O11. The Morgan fingerprint density at radius 3 is 1.58 bits per heavy atom. The highest BCUT2D eigenvalue weighted by molar-refractivity contribution is 5.84. The van der Waals surface area contributed by atoms with Crippen LogP contribution in [0, 0.1) is 0 Å². The number of aliphatic hydroxyl groups excluding tert-OH is 1. The predicted octanol–water partition coefficient (Wildman–Crippen LogP) is 2.84. The van der Waals surface area contributed by atoms with E-state index < -0.39 is 28.9 Å². The largest absolute Gasteiger partial charge is 0.490 e. The SMILES string of the molecule is CC(=O)OCc1cc(=O)c2c(OCC(O)COc3cccc4oc(COC(C)=O)cc(=O)c34)cccc2o1. The summed E-state index contributed by atoms with van der Waals surface area (Å²) in [7, 11) is 0. The first-order chi connectivity index (χ1) is 18.2. The van der Waals surface area contributed by atoms with E-state index in [-0.39, 0.29) is 71.4 Å². The fourth-order valence-electron chi connectivity index (χ4n) is 3.60. The van der Waals surface area contributed by atoms with Gasteiger partial charge in [0.2, 0.25) is 0 Å². The molecule has 0 atom stereocenters. The van der Waals surface area contributed by atoms with Gasteiger partial charge >= 0.3 is 11.9 Å². The van der Waals surface area contributed by atoms with E-state index in [9.17, 15) is 24.3 Å². The Balaban J connectivity index is 1.43. The minimum absolute atomic E-state index is 0.170. The number of benzene rings is 2. The molecule has 2 aromatic carbocycles. The van der Waals surface area contributed by atoms with Gasteiger partial charge < -0.3 is 32.9 Å². The number of hydrogen-bond acceptors (Lipinski definition) is 11. The monoisotopic (exact) mass is 524 g/mol. The summed E-state index contributed by atoms with van der Waals surface area (Å²) < 4.78 is 32.3. The minimum Gasteiger partial charge on any atom is -0.490 e. The Kier molecular flexibility index (Phi) is 8.07. The zero-order chi connectivity index (χ0) is 27.2. The first kappa shape index (κ1) is 26.4. The lowest BCUT2D eigenvalue weighted by atomic mass is 10.2. The quantitative estimate of drug-likeness (QED) is 0.305. The molecule has 0 fully saturated rings. The second-order valence-electron chi connectivity index (χ2n) is 8.25. The average Bonchev–Trinajstić information content (AvgIpc) is 2.88. The maximum Gasteiger partial charge on any atom is 0.303 e. The first-order valence-corrected chi connectivity index (χ1v) is 11.5. The van der Waals surface area contributed by atoms with Crippen LogP contribution in [-0.4, -0.2) is 36.4 Å². The highest BCUT2D eigenvalue weighted by Gasteiger charge is 2.16. The van der Waals surface area contributed by atoms with Crippen LogP contribution in [0.5, 0.6) is 11.5 Å². The molecule has 0 radical (unpaired) electrons. The topological polar surface area (TPSA) is 152 Å². The summed E-state index contributed by atoms with van der Waals surface area (Å²) in [5.74, 6) is -0.257. The van der Waals surface area contributed by atoms with Crippen LogP contribution in [0.15, 0.2) is 67.0 Å². The van der Waals surface area contributed by atoms with Crippen molar-refractivity contribution in [3.8, 4) is 11.5 Å². The number of fused-ring (bicyclic) bond motifs is 2. The smallest absolute Gasteiger partial charge is 0.303 e. The predicted molar refractivity (Wildman–Crippen MR) is 133 cm³/mol. The minimum atomic E-state index is -1.12. The van der Waals surface area contributed by atoms with Gasteiger partial charge in [-0.2, -0.15) is 0 Å². The molecular weight excluding hydrogens is 500 g/mol. The highest BCUT2D eigenvalue weighted by atomic mass is 16.5. The molecule has 0 saturated carbocycles. The third-order valence-electron chi connectivity index (χ3n) is 5.23. The van der Waals surface area contributed by atoms with E-state index in [4.69, 9.17) is 27.8 Å². The molecule has 4 rings (SSSR count). The zero-order valence-electron chi connectivity index (χ0n) is 20.6. The molecule has 198 valence electrons. The fraction of sp³-hybridized carbons (Fsp3) is 0.259. The fourth-order valence-corrected chi connectivity index (χ4v) is 3.60. The third-order valence-corrected chi connectivity index (χ3v) is 5.23. The number of rotatable bonds is 10. The van der Waals surface area contributed by atoms with Crippen molar-refractivity contribution in [1.29, 1.82) is 0 Å². The van der Waals surface area contributed by atoms with Gasteiger partial charge in [0.1, 0.15) is 77.5 Å². The number of hydrogen-bond donors (Lipinski definition) is 1. The van der Waals surface area contributed by atoms with Crippen molar-refractivity contribution in [2.24, 2.45) is 0 Å². The molecule has 0 spiro atoms. The normalized spacial score (nSPS) is 11.1. The third kappa shape index (κ3) is 6.37. The molecule has 11 nitrogen and oxygen atoms in total. The Morgan fingerprint density at radius 2 is 1.18 bits per heavy atom. The summed E-state index contributed by atoms with van der Waals surface area (Å²) in [6.07, 6.45) is -1.12. The van der Waals surface area contributed by atoms with E-state index in [0.29, 0.717) is 0 Å². The Hall–Kier alpha value is -4.64. The molecule has 0 aliphatic carbocycles. The van der Waals surface area contributed by atoms with Gasteiger partial charge in [-0.1, -0.05) is 12.1 Å². The second kappa shape index (κ2) is 11.6. The van der Waals surface area contributed by atoms with Crippen LogP contribution < -0.4 is 20.3 Å². The molecule has 1 N–H and O–H groups in total. The summed E-state index contributed by atoms with van der Waals surface area (Å²) in [4.78, 5) is 47.3. The molecule has 0 unspecified atom stereocenters. The van der Waals surface area contributed by atoms with Gasteiger partial charge in [0, 0.05) is 26.0 Å². The average molecular weight is 524 g/mol. The van der Waals surface area contributed by atoms with E-state index >= 15 is 0 Å². The van der Waals surface area contributed by atoms with Crippen LogP contribution in [-0.2, 0) is 32.3 Å². The molecule has 4 aromatic rings. The van der Waals surface area contributed by atoms with Gasteiger partial charge in [-0.25, -0.2) is 0 Å². The van der Waals surface area contributed by atoms with Crippen molar-refractivity contribution in [3.05, 3.63) is 80.5 Å². The molecule has 2 aromatic heterocycles. The van der Waals surface area contributed by atoms with Gasteiger partial charge in [0.05, 0.1) is 0 Å². The summed E-state index contributed by atoms with van der Waals surface area (Å²) in [5, 5.41) is 10.8. The Labute approximate surface area is 215 Å². The van der Waals surface area contributed by atoms with Crippen molar-refractivity contribution in [2.75, 3.05) is 13.2 Å². The van der Waals surface area contributed by atoms with Crippen LogP contribution in [0.4, 0.5) is 0 Å². The molecule has 11 heteroatoms. The highest BCUT2D eigenvalue weighted by Crippen LogP contribution is 2.25. The molecule has 2 heterocycles. The van der Waals surface area contributed by atoms with Crippen LogP contribution in [0.2, 0.25) is 0 Å². The van der Waals surface area contributed by atoms with Crippen LogP contribution in [0.3, 0.4) is 0 Å². The van der Waals surface area contributed by atoms with Crippen LogP contribution in [0.1, 0.15) is 25.4 Å². The number of ether oxygens (including phenoxy) is 4. The van der Waals surface area contributed by atoms with Gasteiger partial charge in [-0.05, 0) is 24.3 Å². The Bertz CT molecular complexity index is 1480. The number of carbonyl (C=O) groups excluding carboxylic acids is 2. The molecule has 0 amide bonds. The van der Waals surface area contributed by atoms with Crippen LogP contribution in [0.25, 0.3) is 21.9 Å². The lowest BCUT2D eigenvalue weighted by Crippen LogP contribution is -2.25. The van der Waals surface area contributed by atoms with Gasteiger partial charge in [0.15, 0.2) is 10.9 Å². The number of esters is 2.